The molecular weight excluding hydrogens is 274 g/mol. The summed E-state index contributed by atoms with van der Waals surface area (Å²) in [5, 5.41) is 18.4. The standard InChI is InChI=1S/C15H19NO3S/c1-10-8-14(20-13(10)4-3-7-17)15(19)16-6-5-12(18)11(2)9-16/h8,11-12,17-18H,5-7,9H2,1-2H3. The van der Waals surface area contributed by atoms with E-state index in [1.807, 2.05) is 19.9 Å². The van der Waals surface area contributed by atoms with E-state index in [1.165, 1.54) is 11.3 Å². The summed E-state index contributed by atoms with van der Waals surface area (Å²) in [7, 11) is 0. The Labute approximate surface area is 123 Å². The van der Waals surface area contributed by atoms with E-state index >= 15 is 0 Å². The van der Waals surface area contributed by atoms with Gasteiger partial charge in [0.25, 0.3) is 5.91 Å². The Kier molecular flexibility index (Phi) is 4.81. The zero-order chi connectivity index (χ0) is 14.7. The van der Waals surface area contributed by atoms with E-state index in [2.05, 4.69) is 11.8 Å². The number of aliphatic hydroxyl groups is 2. The van der Waals surface area contributed by atoms with Crippen molar-refractivity contribution in [1.29, 1.82) is 0 Å². The van der Waals surface area contributed by atoms with Gasteiger partial charge in [0.2, 0.25) is 0 Å². The van der Waals surface area contributed by atoms with Gasteiger partial charge in [0.15, 0.2) is 0 Å². The molecular formula is C15H19NO3S. The van der Waals surface area contributed by atoms with Gasteiger partial charge >= 0.3 is 0 Å². The number of likely N-dealkylation sites (tertiary alicyclic amines) is 1. The van der Waals surface area contributed by atoms with Crippen LogP contribution in [0, 0.1) is 24.7 Å². The second kappa shape index (κ2) is 6.40. The lowest BCUT2D eigenvalue weighted by Crippen LogP contribution is -2.44. The molecule has 2 unspecified atom stereocenters. The summed E-state index contributed by atoms with van der Waals surface area (Å²) in [6.45, 7) is 4.88. The predicted octanol–water partition coefficient (Wildman–Crippen LogP) is 1.24. The highest BCUT2D eigenvalue weighted by atomic mass is 32.1. The summed E-state index contributed by atoms with van der Waals surface area (Å²) >= 11 is 1.36. The Morgan fingerprint density at radius 2 is 2.35 bits per heavy atom. The van der Waals surface area contributed by atoms with E-state index < -0.39 is 0 Å². The van der Waals surface area contributed by atoms with Gasteiger partial charge in [-0.15, -0.1) is 11.3 Å². The molecule has 2 atom stereocenters. The van der Waals surface area contributed by atoms with Gasteiger partial charge in [0.05, 0.1) is 15.9 Å². The molecule has 0 radical (unpaired) electrons. The third-order valence-electron chi connectivity index (χ3n) is 3.56. The van der Waals surface area contributed by atoms with Crippen LogP contribution in [0.25, 0.3) is 0 Å². The fourth-order valence-electron chi connectivity index (χ4n) is 2.30. The molecule has 1 fully saturated rings. The molecule has 1 aromatic heterocycles. The van der Waals surface area contributed by atoms with Crippen LogP contribution in [0.15, 0.2) is 6.07 Å². The largest absolute Gasteiger partial charge is 0.393 e. The van der Waals surface area contributed by atoms with Gasteiger partial charge in [-0.2, -0.15) is 0 Å². The van der Waals surface area contributed by atoms with Crippen molar-refractivity contribution in [2.45, 2.75) is 26.4 Å². The van der Waals surface area contributed by atoms with Crippen LogP contribution in [-0.4, -0.2) is 46.8 Å². The SMILES string of the molecule is Cc1cc(C(=O)N2CCC(O)C(C)C2)sc1C#CCO. The van der Waals surface area contributed by atoms with Gasteiger partial charge in [-0.3, -0.25) is 4.79 Å². The van der Waals surface area contributed by atoms with Crippen molar-refractivity contribution < 1.29 is 15.0 Å². The molecule has 1 aliphatic rings. The van der Waals surface area contributed by atoms with Gasteiger partial charge in [-0.1, -0.05) is 18.8 Å². The molecule has 2 N–H and O–H groups in total. The molecule has 2 heterocycles. The quantitative estimate of drug-likeness (QED) is 0.766. The highest BCUT2D eigenvalue weighted by Crippen LogP contribution is 2.25. The molecule has 4 nitrogen and oxygen atoms in total. The van der Waals surface area contributed by atoms with Crippen LogP contribution in [-0.2, 0) is 0 Å². The number of amides is 1. The molecule has 0 aromatic carbocycles. The highest BCUT2D eigenvalue weighted by Gasteiger charge is 2.28. The first kappa shape index (κ1) is 15.0. The van der Waals surface area contributed by atoms with Gasteiger partial charge < -0.3 is 15.1 Å². The predicted molar refractivity (Wildman–Crippen MR) is 78.7 cm³/mol. The maximum Gasteiger partial charge on any atom is 0.263 e. The molecule has 0 spiro atoms. The maximum atomic E-state index is 12.4. The van der Waals surface area contributed by atoms with Crippen LogP contribution in [0.2, 0.25) is 0 Å². The van der Waals surface area contributed by atoms with Crippen molar-refractivity contribution in [3.05, 3.63) is 21.4 Å². The van der Waals surface area contributed by atoms with Gasteiger partial charge in [0, 0.05) is 13.1 Å². The summed E-state index contributed by atoms with van der Waals surface area (Å²) in [5.74, 6) is 5.59. The molecule has 2 rings (SSSR count). The van der Waals surface area contributed by atoms with Gasteiger partial charge in [-0.25, -0.2) is 0 Å². The molecule has 1 amide bonds. The number of piperidine rings is 1. The van der Waals surface area contributed by atoms with Crippen molar-refractivity contribution >= 4 is 17.2 Å². The topological polar surface area (TPSA) is 60.8 Å². The Hall–Kier alpha value is -1.35. The summed E-state index contributed by atoms with van der Waals surface area (Å²) in [4.78, 5) is 15.7. The minimum atomic E-state index is -0.310. The molecule has 108 valence electrons. The van der Waals surface area contributed by atoms with Crippen molar-refractivity contribution in [2.24, 2.45) is 5.92 Å². The molecule has 1 aromatic rings. The van der Waals surface area contributed by atoms with E-state index in [-0.39, 0.29) is 24.5 Å². The number of hydrogen-bond donors (Lipinski definition) is 2. The van der Waals surface area contributed by atoms with E-state index in [0.717, 1.165) is 10.4 Å². The fraction of sp³-hybridized carbons (Fsp3) is 0.533. The third-order valence-corrected chi connectivity index (χ3v) is 4.70. The monoisotopic (exact) mass is 293 g/mol. The molecule has 0 saturated carbocycles. The second-order valence-corrected chi connectivity index (χ2v) is 6.22. The van der Waals surface area contributed by atoms with Gasteiger partial charge in [-0.05, 0) is 30.9 Å². The Balaban J connectivity index is 2.13. The van der Waals surface area contributed by atoms with Crippen molar-refractivity contribution in [1.82, 2.24) is 4.90 Å². The summed E-state index contributed by atoms with van der Waals surface area (Å²) < 4.78 is 0. The van der Waals surface area contributed by atoms with Crippen LogP contribution < -0.4 is 0 Å². The summed E-state index contributed by atoms with van der Waals surface area (Å²) in [6.07, 6.45) is 0.323. The Bertz CT molecular complexity index is 555. The van der Waals surface area contributed by atoms with Crippen LogP contribution in [0.5, 0.6) is 0 Å². The van der Waals surface area contributed by atoms with E-state index in [9.17, 15) is 9.90 Å². The van der Waals surface area contributed by atoms with Crippen molar-refractivity contribution in [2.75, 3.05) is 19.7 Å². The van der Waals surface area contributed by atoms with Gasteiger partial charge in [0.1, 0.15) is 6.61 Å². The lowest BCUT2D eigenvalue weighted by Gasteiger charge is -2.34. The molecule has 20 heavy (non-hydrogen) atoms. The summed E-state index contributed by atoms with van der Waals surface area (Å²) in [6, 6.07) is 1.85. The first-order chi connectivity index (χ1) is 9.52. The molecule has 1 saturated heterocycles. The zero-order valence-electron chi connectivity index (χ0n) is 11.7. The second-order valence-electron chi connectivity index (χ2n) is 5.17. The first-order valence-electron chi connectivity index (χ1n) is 6.70. The fourth-order valence-corrected chi connectivity index (χ4v) is 3.32. The Morgan fingerprint density at radius 3 is 3.00 bits per heavy atom. The lowest BCUT2D eigenvalue weighted by molar-refractivity contribution is 0.0300. The van der Waals surface area contributed by atoms with Crippen molar-refractivity contribution in [3.8, 4) is 11.8 Å². The Morgan fingerprint density at radius 1 is 1.60 bits per heavy atom. The number of carbonyl (C=O) groups excluding carboxylic acids is 1. The number of hydrogen-bond acceptors (Lipinski definition) is 4. The van der Waals surface area contributed by atoms with Crippen LogP contribution >= 0.6 is 11.3 Å². The number of nitrogens with zero attached hydrogens (tertiary/aromatic N) is 1. The van der Waals surface area contributed by atoms with Crippen molar-refractivity contribution in [3.63, 3.8) is 0 Å². The minimum Gasteiger partial charge on any atom is -0.393 e. The average Bonchev–Trinajstić information content (AvgIpc) is 2.80. The average molecular weight is 293 g/mol. The van der Waals surface area contributed by atoms with Crippen LogP contribution in [0.3, 0.4) is 0 Å². The number of aliphatic hydroxyl groups excluding tert-OH is 2. The summed E-state index contributed by atoms with van der Waals surface area (Å²) in [5.41, 5.74) is 0.962. The zero-order valence-corrected chi connectivity index (χ0v) is 12.5. The maximum absolute atomic E-state index is 12.4. The van der Waals surface area contributed by atoms with E-state index in [0.29, 0.717) is 24.4 Å². The molecule has 5 heteroatoms. The minimum absolute atomic E-state index is 0.00824. The van der Waals surface area contributed by atoms with E-state index in [1.54, 1.807) is 4.90 Å². The molecule has 0 bridgehead atoms. The molecule has 0 aliphatic carbocycles. The first-order valence-corrected chi connectivity index (χ1v) is 7.52. The van der Waals surface area contributed by atoms with Crippen LogP contribution in [0.1, 0.15) is 33.5 Å². The number of thiophene rings is 1. The highest BCUT2D eigenvalue weighted by molar-refractivity contribution is 7.14. The number of carbonyl (C=O) groups is 1. The third kappa shape index (κ3) is 3.21. The smallest absolute Gasteiger partial charge is 0.263 e. The van der Waals surface area contributed by atoms with Crippen LogP contribution in [0.4, 0.5) is 0 Å². The van der Waals surface area contributed by atoms with E-state index in [4.69, 9.17) is 5.11 Å². The molecule has 1 aliphatic heterocycles. The normalized spacial score (nSPS) is 22.3. The lowest BCUT2D eigenvalue weighted by atomic mass is 9.96. The number of rotatable bonds is 1. The number of aryl methyl sites for hydroxylation is 1.